The topological polar surface area (TPSA) is 75.7 Å². The van der Waals surface area contributed by atoms with Crippen molar-refractivity contribution < 1.29 is 17.9 Å². The largest absolute Gasteiger partial charge is 0.380 e. The number of nitrogens with one attached hydrogen (secondary N) is 1. The van der Waals surface area contributed by atoms with E-state index in [1.54, 1.807) is 7.11 Å². The van der Waals surface area contributed by atoms with Crippen LogP contribution in [0.3, 0.4) is 0 Å². The van der Waals surface area contributed by atoms with Crippen LogP contribution in [0.4, 0.5) is 5.69 Å². The van der Waals surface area contributed by atoms with Crippen molar-refractivity contribution in [2.75, 3.05) is 25.5 Å². The van der Waals surface area contributed by atoms with Crippen LogP contribution >= 0.6 is 0 Å². The summed E-state index contributed by atoms with van der Waals surface area (Å²) in [6.07, 6.45) is 1.00. The van der Waals surface area contributed by atoms with Crippen LogP contribution < -0.4 is 5.32 Å². The highest BCUT2D eigenvalue weighted by atomic mass is 32.2. The van der Waals surface area contributed by atoms with E-state index in [-0.39, 0.29) is 11.8 Å². The molecule has 6 nitrogen and oxygen atoms in total. The molecule has 168 valence electrons. The van der Waals surface area contributed by atoms with E-state index >= 15 is 0 Å². The molecule has 0 spiro atoms. The van der Waals surface area contributed by atoms with Crippen molar-refractivity contribution in [2.45, 2.75) is 52.0 Å². The van der Waals surface area contributed by atoms with Crippen LogP contribution in [0.15, 0.2) is 35.2 Å². The Morgan fingerprint density at radius 3 is 2.23 bits per heavy atom. The van der Waals surface area contributed by atoms with E-state index in [4.69, 9.17) is 4.74 Å². The molecule has 7 heteroatoms. The number of benzene rings is 2. The lowest BCUT2D eigenvalue weighted by atomic mass is 9.97. The molecular weight excluding hydrogens is 412 g/mol. The summed E-state index contributed by atoms with van der Waals surface area (Å²) in [6, 6.07) is 9.59. The molecule has 1 aliphatic rings. The van der Waals surface area contributed by atoms with Gasteiger partial charge in [0.1, 0.15) is 0 Å². The van der Waals surface area contributed by atoms with Gasteiger partial charge in [0.15, 0.2) is 0 Å². The van der Waals surface area contributed by atoms with Gasteiger partial charge in [-0.05, 0) is 68.9 Å². The average molecular weight is 445 g/mol. The standard InChI is InChI=1S/C24H32N2O4S/c1-16-14-17(2)19(4)23(18(16)3)31(28,29)26-12-10-20(11-13-26)24(27)25-22-9-7-6-8-21(22)15-30-5/h6-9,14,20H,10-13,15H2,1-5H3,(H,25,27). The lowest BCUT2D eigenvalue weighted by molar-refractivity contribution is -0.120. The van der Waals surface area contributed by atoms with Crippen molar-refractivity contribution in [3.8, 4) is 0 Å². The first-order valence-corrected chi connectivity index (χ1v) is 12.1. The lowest BCUT2D eigenvalue weighted by Gasteiger charge is -2.32. The van der Waals surface area contributed by atoms with Gasteiger partial charge in [-0.3, -0.25) is 4.79 Å². The Morgan fingerprint density at radius 2 is 1.65 bits per heavy atom. The SMILES string of the molecule is COCc1ccccc1NC(=O)C1CCN(S(=O)(=O)c2c(C)c(C)cc(C)c2C)CC1. The monoisotopic (exact) mass is 444 g/mol. The van der Waals surface area contributed by atoms with Gasteiger partial charge in [-0.1, -0.05) is 24.3 Å². The highest BCUT2D eigenvalue weighted by Crippen LogP contribution is 2.31. The molecule has 0 saturated carbocycles. The zero-order valence-corrected chi connectivity index (χ0v) is 19.8. The van der Waals surface area contributed by atoms with Gasteiger partial charge < -0.3 is 10.1 Å². The predicted molar refractivity (Wildman–Crippen MR) is 123 cm³/mol. The number of hydrogen-bond donors (Lipinski definition) is 1. The third kappa shape index (κ3) is 4.84. The van der Waals surface area contributed by atoms with Crippen molar-refractivity contribution in [3.63, 3.8) is 0 Å². The Hall–Kier alpha value is -2.22. The number of para-hydroxylation sites is 1. The number of hydrogen-bond acceptors (Lipinski definition) is 4. The number of piperidine rings is 1. The fraction of sp³-hybridized carbons (Fsp3) is 0.458. The minimum atomic E-state index is -3.61. The van der Waals surface area contributed by atoms with E-state index in [0.717, 1.165) is 33.5 Å². The second kappa shape index (κ2) is 9.51. The molecular formula is C24H32N2O4S. The van der Waals surface area contributed by atoms with Crippen LogP contribution in [0.25, 0.3) is 0 Å². The number of nitrogens with zero attached hydrogens (tertiary/aromatic N) is 1. The summed E-state index contributed by atoms with van der Waals surface area (Å²) in [5.41, 5.74) is 5.22. The zero-order chi connectivity index (χ0) is 22.8. The summed E-state index contributed by atoms with van der Waals surface area (Å²) in [6.45, 7) is 8.72. The third-order valence-electron chi connectivity index (χ3n) is 6.29. The molecule has 1 fully saturated rings. The number of methoxy groups -OCH3 is 1. The van der Waals surface area contributed by atoms with Crippen molar-refractivity contribution in [2.24, 2.45) is 5.92 Å². The van der Waals surface area contributed by atoms with Crippen LogP contribution in [-0.2, 0) is 26.2 Å². The second-order valence-corrected chi connectivity index (χ2v) is 10.2. The van der Waals surface area contributed by atoms with Gasteiger partial charge in [-0.15, -0.1) is 0 Å². The average Bonchev–Trinajstić information content (AvgIpc) is 2.74. The third-order valence-corrected chi connectivity index (χ3v) is 8.47. The first-order valence-electron chi connectivity index (χ1n) is 10.6. The van der Waals surface area contributed by atoms with Crippen LogP contribution in [0, 0.1) is 33.6 Å². The van der Waals surface area contributed by atoms with E-state index in [2.05, 4.69) is 5.32 Å². The van der Waals surface area contributed by atoms with E-state index in [1.165, 1.54) is 4.31 Å². The molecule has 31 heavy (non-hydrogen) atoms. The highest BCUT2D eigenvalue weighted by Gasteiger charge is 2.34. The van der Waals surface area contributed by atoms with Gasteiger partial charge in [0, 0.05) is 37.4 Å². The van der Waals surface area contributed by atoms with Gasteiger partial charge in [0.25, 0.3) is 0 Å². The molecule has 0 unspecified atom stereocenters. The lowest BCUT2D eigenvalue weighted by Crippen LogP contribution is -2.42. The van der Waals surface area contributed by atoms with Gasteiger partial charge in [0.05, 0.1) is 11.5 Å². The molecule has 2 aromatic carbocycles. The van der Waals surface area contributed by atoms with Crippen LogP contribution in [0.2, 0.25) is 0 Å². The van der Waals surface area contributed by atoms with Gasteiger partial charge in [-0.2, -0.15) is 4.31 Å². The molecule has 0 aliphatic carbocycles. The summed E-state index contributed by atoms with van der Waals surface area (Å²) >= 11 is 0. The summed E-state index contributed by atoms with van der Waals surface area (Å²) in [5, 5.41) is 3.00. The molecule has 1 aliphatic heterocycles. The second-order valence-electron chi connectivity index (χ2n) is 8.35. The normalized spacial score (nSPS) is 15.8. The van der Waals surface area contributed by atoms with Gasteiger partial charge in [-0.25, -0.2) is 8.42 Å². The number of rotatable bonds is 6. The molecule has 0 bridgehead atoms. The number of anilines is 1. The molecule has 2 aromatic rings. The molecule has 1 heterocycles. The maximum absolute atomic E-state index is 13.4. The number of carbonyl (C=O) groups is 1. The van der Waals surface area contributed by atoms with Gasteiger partial charge in [0.2, 0.25) is 15.9 Å². The predicted octanol–water partition coefficient (Wildman–Crippen LogP) is 4.11. The smallest absolute Gasteiger partial charge is 0.243 e. The molecule has 0 radical (unpaired) electrons. The Labute approximate surface area is 185 Å². The summed E-state index contributed by atoms with van der Waals surface area (Å²) in [5.74, 6) is -0.289. The molecule has 3 rings (SSSR count). The van der Waals surface area contributed by atoms with Crippen LogP contribution in [0.1, 0.15) is 40.7 Å². The Kier molecular flexibility index (Phi) is 7.19. The number of aryl methyl sites for hydroxylation is 2. The first kappa shape index (κ1) is 23.4. The van der Waals surface area contributed by atoms with E-state index in [1.807, 2.05) is 58.0 Å². The number of carbonyl (C=O) groups excluding carboxylic acids is 1. The Bertz CT molecular complexity index is 1040. The maximum Gasteiger partial charge on any atom is 0.243 e. The van der Waals surface area contributed by atoms with Gasteiger partial charge >= 0.3 is 0 Å². The molecule has 0 atom stereocenters. The fourth-order valence-corrected chi connectivity index (χ4v) is 6.26. The maximum atomic E-state index is 13.4. The Balaban J connectivity index is 1.72. The van der Waals surface area contributed by atoms with Crippen molar-refractivity contribution in [1.29, 1.82) is 0 Å². The van der Waals surface area contributed by atoms with E-state index < -0.39 is 10.0 Å². The zero-order valence-electron chi connectivity index (χ0n) is 19.0. The van der Waals surface area contributed by atoms with Crippen molar-refractivity contribution >= 4 is 21.6 Å². The number of sulfonamides is 1. The van der Waals surface area contributed by atoms with Crippen LogP contribution in [-0.4, -0.2) is 38.8 Å². The minimum absolute atomic E-state index is 0.0700. The van der Waals surface area contributed by atoms with Crippen LogP contribution in [0.5, 0.6) is 0 Å². The quantitative estimate of drug-likeness (QED) is 0.728. The Morgan fingerprint density at radius 1 is 1.06 bits per heavy atom. The fourth-order valence-electron chi connectivity index (χ4n) is 4.21. The first-order chi connectivity index (χ1) is 14.7. The van der Waals surface area contributed by atoms with E-state index in [9.17, 15) is 13.2 Å². The minimum Gasteiger partial charge on any atom is -0.380 e. The van der Waals surface area contributed by atoms with Crippen molar-refractivity contribution in [3.05, 3.63) is 58.1 Å². The molecule has 1 amide bonds. The molecule has 0 aromatic heterocycles. The molecule has 1 saturated heterocycles. The summed E-state index contributed by atoms with van der Waals surface area (Å²) in [7, 11) is -1.99. The molecule has 1 N–H and O–H groups in total. The van der Waals surface area contributed by atoms with Crippen molar-refractivity contribution in [1.82, 2.24) is 4.31 Å². The summed E-state index contributed by atoms with van der Waals surface area (Å²) < 4.78 is 33.6. The van der Waals surface area contributed by atoms with E-state index in [0.29, 0.717) is 37.4 Å². The number of ether oxygens (including phenoxy) is 1. The summed E-state index contributed by atoms with van der Waals surface area (Å²) in [4.78, 5) is 13.2. The number of amides is 1. The highest BCUT2D eigenvalue weighted by molar-refractivity contribution is 7.89.